The van der Waals surface area contributed by atoms with E-state index in [1.54, 1.807) is 0 Å². The van der Waals surface area contributed by atoms with Crippen molar-refractivity contribution >= 4 is 17.6 Å². The minimum atomic E-state index is -0.501. The predicted octanol–water partition coefficient (Wildman–Crippen LogP) is 4.44. The van der Waals surface area contributed by atoms with Crippen LogP contribution in [0.4, 0.5) is 5.69 Å². The Bertz CT molecular complexity index is 667. The summed E-state index contributed by atoms with van der Waals surface area (Å²) < 4.78 is 5.17. The Labute approximate surface area is 151 Å². The molecule has 0 heterocycles. The number of hydrogen-bond acceptors (Lipinski definition) is 3. The highest BCUT2D eigenvalue weighted by atomic mass is 16.6. The topological polar surface area (TPSA) is 55.4 Å². The van der Waals surface area contributed by atoms with Crippen LogP contribution >= 0.6 is 0 Å². The standard InChI is InChI=1S/C21H29NO3/c1-20(2,3)16-12-10-11-13-17(16)22-18(23)14-8-7-9-15-19(24)25-21(4,5)6/h10-13H,8,14-15H2,1-6H3,(H,22,23). The van der Waals surface area contributed by atoms with Crippen LogP contribution in [0.2, 0.25) is 0 Å². The molecule has 1 aromatic rings. The number of ether oxygens (including phenoxy) is 1. The molecule has 0 aromatic heterocycles. The van der Waals surface area contributed by atoms with E-state index in [2.05, 4.69) is 37.9 Å². The van der Waals surface area contributed by atoms with Gasteiger partial charge in [-0.1, -0.05) is 44.9 Å². The zero-order valence-electron chi connectivity index (χ0n) is 16.2. The third kappa shape index (κ3) is 8.39. The average molecular weight is 343 g/mol. The molecule has 0 unspecified atom stereocenters. The van der Waals surface area contributed by atoms with Crippen LogP contribution in [-0.2, 0) is 19.7 Å². The van der Waals surface area contributed by atoms with Gasteiger partial charge in [-0.25, -0.2) is 0 Å². The van der Waals surface area contributed by atoms with Crippen LogP contribution in [-0.4, -0.2) is 17.5 Å². The van der Waals surface area contributed by atoms with Gasteiger partial charge in [0.1, 0.15) is 12.0 Å². The maximum absolute atomic E-state index is 12.1. The van der Waals surface area contributed by atoms with Gasteiger partial charge in [0, 0.05) is 18.5 Å². The highest BCUT2D eigenvalue weighted by Gasteiger charge is 2.18. The molecule has 4 nitrogen and oxygen atoms in total. The molecule has 25 heavy (non-hydrogen) atoms. The second-order valence-corrected chi connectivity index (χ2v) is 7.96. The summed E-state index contributed by atoms with van der Waals surface area (Å²) in [4.78, 5) is 23.6. The number of para-hydroxylation sites is 1. The molecular formula is C21H29NO3. The Hall–Kier alpha value is -2.28. The first-order chi connectivity index (χ1) is 11.5. The Morgan fingerprint density at radius 2 is 1.68 bits per heavy atom. The molecule has 0 aliphatic heterocycles. The van der Waals surface area contributed by atoms with Gasteiger partial charge in [0.05, 0.1) is 0 Å². The summed E-state index contributed by atoms with van der Waals surface area (Å²) in [6.07, 6.45) is 0.748. The number of amides is 1. The van der Waals surface area contributed by atoms with Crippen molar-refractivity contribution in [1.82, 2.24) is 0 Å². The molecule has 0 bridgehead atoms. The van der Waals surface area contributed by atoms with Crippen molar-refractivity contribution in [2.75, 3.05) is 5.32 Å². The Balaban J connectivity index is 2.48. The van der Waals surface area contributed by atoms with Crippen LogP contribution in [0, 0.1) is 11.8 Å². The number of rotatable bonds is 4. The lowest BCUT2D eigenvalue weighted by atomic mass is 9.86. The van der Waals surface area contributed by atoms with Gasteiger partial charge in [0.15, 0.2) is 0 Å². The molecule has 0 aliphatic carbocycles. The number of anilines is 1. The van der Waals surface area contributed by atoms with E-state index in [-0.39, 0.29) is 23.7 Å². The van der Waals surface area contributed by atoms with Crippen molar-refractivity contribution in [2.45, 2.75) is 71.8 Å². The van der Waals surface area contributed by atoms with E-state index in [1.807, 2.05) is 45.0 Å². The Morgan fingerprint density at radius 1 is 1.04 bits per heavy atom. The van der Waals surface area contributed by atoms with Crippen molar-refractivity contribution in [3.63, 3.8) is 0 Å². The number of hydrogen-bond donors (Lipinski definition) is 1. The van der Waals surface area contributed by atoms with Crippen LogP contribution < -0.4 is 5.32 Å². The third-order valence-corrected chi connectivity index (χ3v) is 3.26. The quantitative estimate of drug-likeness (QED) is 0.649. The molecule has 1 N–H and O–H groups in total. The minimum Gasteiger partial charge on any atom is -0.459 e. The van der Waals surface area contributed by atoms with Gasteiger partial charge in [-0.2, -0.15) is 0 Å². The second kappa shape index (κ2) is 8.71. The van der Waals surface area contributed by atoms with Gasteiger partial charge in [-0.05, 0) is 37.8 Å². The molecule has 1 rings (SSSR count). The van der Waals surface area contributed by atoms with Gasteiger partial charge < -0.3 is 10.1 Å². The number of benzene rings is 1. The smallest absolute Gasteiger partial charge is 0.318 e. The second-order valence-electron chi connectivity index (χ2n) is 7.96. The SMILES string of the molecule is CC(C)(C)OC(=O)CC#CCCC(=O)Nc1ccccc1C(C)(C)C. The van der Waals surface area contributed by atoms with E-state index < -0.39 is 5.60 Å². The molecule has 0 radical (unpaired) electrons. The number of nitrogens with one attached hydrogen (secondary N) is 1. The van der Waals surface area contributed by atoms with Gasteiger partial charge in [-0.15, -0.1) is 5.92 Å². The Kier molecular flexibility index (Phi) is 7.23. The highest BCUT2D eigenvalue weighted by Crippen LogP contribution is 2.29. The summed E-state index contributed by atoms with van der Waals surface area (Å²) in [5, 5.41) is 2.95. The summed E-state index contributed by atoms with van der Waals surface area (Å²) in [5.41, 5.74) is 1.39. The van der Waals surface area contributed by atoms with Crippen molar-refractivity contribution in [2.24, 2.45) is 0 Å². The predicted molar refractivity (Wildman–Crippen MR) is 101 cm³/mol. The van der Waals surface area contributed by atoms with Crippen LogP contribution in [0.5, 0.6) is 0 Å². The van der Waals surface area contributed by atoms with Gasteiger partial charge in [0.2, 0.25) is 5.91 Å². The van der Waals surface area contributed by atoms with E-state index in [1.165, 1.54) is 0 Å². The van der Waals surface area contributed by atoms with E-state index in [0.29, 0.717) is 12.8 Å². The maximum atomic E-state index is 12.1. The lowest BCUT2D eigenvalue weighted by Crippen LogP contribution is -2.23. The lowest BCUT2D eigenvalue weighted by molar-refractivity contribution is -0.153. The van der Waals surface area contributed by atoms with E-state index in [9.17, 15) is 9.59 Å². The maximum Gasteiger partial charge on any atom is 0.318 e. The lowest BCUT2D eigenvalue weighted by Gasteiger charge is -2.22. The molecule has 0 atom stereocenters. The molecule has 0 spiro atoms. The monoisotopic (exact) mass is 343 g/mol. The summed E-state index contributed by atoms with van der Waals surface area (Å²) in [6, 6.07) is 7.81. The molecule has 0 aliphatic rings. The molecule has 136 valence electrons. The molecule has 0 fully saturated rings. The van der Waals surface area contributed by atoms with Gasteiger partial charge in [0.25, 0.3) is 0 Å². The first-order valence-corrected chi connectivity index (χ1v) is 8.56. The first kappa shape index (κ1) is 20.8. The summed E-state index contributed by atoms with van der Waals surface area (Å²) in [7, 11) is 0. The van der Waals surface area contributed by atoms with Crippen LogP contribution in [0.25, 0.3) is 0 Å². The highest BCUT2D eigenvalue weighted by molar-refractivity contribution is 5.91. The largest absolute Gasteiger partial charge is 0.459 e. The molecule has 1 aromatic carbocycles. The molecule has 0 saturated carbocycles. The fourth-order valence-corrected chi connectivity index (χ4v) is 2.24. The number of esters is 1. The van der Waals surface area contributed by atoms with Crippen LogP contribution in [0.3, 0.4) is 0 Å². The molecule has 4 heteroatoms. The zero-order valence-corrected chi connectivity index (χ0v) is 16.2. The molecule has 0 saturated heterocycles. The minimum absolute atomic E-state index is 0.0445. The van der Waals surface area contributed by atoms with E-state index in [4.69, 9.17) is 4.74 Å². The first-order valence-electron chi connectivity index (χ1n) is 8.56. The zero-order chi connectivity index (χ0) is 19.1. The normalized spacial score (nSPS) is 11.3. The number of carbonyl (C=O) groups excluding carboxylic acids is 2. The molecule has 1 amide bonds. The van der Waals surface area contributed by atoms with E-state index >= 15 is 0 Å². The third-order valence-electron chi connectivity index (χ3n) is 3.26. The Morgan fingerprint density at radius 3 is 2.28 bits per heavy atom. The van der Waals surface area contributed by atoms with Crippen molar-refractivity contribution in [1.29, 1.82) is 0 Å². The number of carbonyl (C=O) groups is 2. The van der Waals surface area contributed by atoms with Gasteiger partial charge in [-0.3, -0.25) is 9.59 Å². The summed E-state index contributed by atoms with van der Waals surface area (Å²) in [6.45, 7) is 11.8. The van der Waals surface area contributed by atoms with Gasteiger partial charge >= 0.3 is 5.97 Å². The van der Waals surface area contributed by atoms with Crippen LogP contribution in [0.1, 0.15) is 66.4 Å². The van der Waals surface area contributed by atoms with Crippen molar-refractivity contribution < 1.29 is 14.3 Å². The fourth-order valence-electron chi connectivity index (χ4n) is 2.24. The van der Waals surface area contributed by atoms with E-state index in [0.717, 1.165) is 11.3 Å². The van der Waals surface area contributed by atoms with Crippen LogP contribution in [0.15, 0.2) is 24.3 Å². The fraction of sp³-hybridized carbons (Fsp3) is 0.524. The summed E-state index contributed by atoms with van der Waals surface area (Å²) >= 11 is 0. The average Bonchev–Trinajstić information content (AvgIpc) is 2.44. The summed E-state index contributed by atoms with van der Waals surface area (Å²) in [5.74, 6) is 5.19. The van der Waals surface area contributed by atoms with Crippen molar-refractivity contribution in [3.8, 4) is 11.8 Å². The van der Waals surface area contributed by atoms with Crippen molar-refractivity contribution in [3.05, 3.63) is 29.8 Å². The molecular weight excluding hydrogens is 314 g/mol.